The molecule has 0 atom stereocenters. The fourth-order valence-electron chi connectivity index (χ4n) is 1.72. The number of allylic oxidation sites excluding steroid dienone is 2. The smallest absolute Gasteiger partial charge is 0.271 e. The molecule has 0 saturated heterocycles. The average Bonchev–Trinajstić information content (AvgIpc) is 2.83. The Morgan fingerprint density at radius 2 is 1.32 bits per heavy atom. The molecule has 2 heterocycles. The van der Waals surface area contributed by atoms with Crippen molar-refractivity contribution in [2.75, 3.05) is 13.1 Å². The maximum atomic E-state index is 11.4. The number of nitrogens with zero attached hydrogens (tertiary/aromatic N) is 4. The highest BCUT2D eigenvalue weighted by Gasteiger charge is 2.05. The van der Waals surface area contributed by atoms with Gasteiger partial charge in [0, 0.05) is 31.7 Å². The Morgan fingerprint density at radius 3 is 1.81 bits per heavy atom. The van der Waals surface area contributed by atoms with Gasteiger partial charge in [-0.1, -0.05) is 52.0 Å². The predicted molar refractivity (Wildman–Crippen MR) is 126 cm³/mol. The van der Waals surface area contributed by atoms with Crippen LogP contribution in [0.3, 0.4) is 0 Å². The third kappa shape index (κ3) is 15.1. The van der Waals surface area contributed by atoms with E-state index in [4.69, 9.17) is 0 Å². The molecule has 0 aromatic carbocycles. The van der Waals surface area contributed by atoms with Crippen molar-refractivity contribution in [3.63, 3.8) is 0 Å². The van der Waals surface area contributed by atoms with Crippen molar-refractivity contribution in [3.8, 4) is 0 Å². The lowest BCUT2D eigenvalue weighted by Crippen LogP contribution is -2.24. The van der Waals surface area contributed by atoms with Crippen molar-refractivity contribution in [3.05, 3.63) is 72.4 Å². The summed E-state index contributed by atoms with van der Waals surface area (Å²) in [5.74, 6) is -0.349. The number of carbonyl (C=O) groups is 2. The Labute approximate surface area is 186 Å². The van der Waals surface area contributed by atoms with Gasteiger partial charge >= 0.3 is 0 Å². The molecule has 170 valence electrons. The molecule has 8 heteroatoms. The molecule has 0 aliphatic rings. The van der Waals surface area contributed by atoms with Gasteiger partial charge in [0.15, 0.2) is 0 Å². The first-order valence-corrected chi connectivity index (χ1v) is 10.4. The van der Waals surface area contributed by atoms with Crippen molar-refractivity contribution in [2.45, 2.75) is 48.5 Å². The van der Waals surface area contributed by atoms with E-state index in [9.17, 15) is 9.59 Å². The van der Waals surface area contributed by atoms with Gasteiger partial charge in [-0.3, -0.25) is 14.6 Å². The van der Waals surface area contributed by atoms with Gasteiger partial charge in [-0.15, -0.1) is 0 Å². The van der Waals surface area contributed by atoms with Gasteiger partial charge in [-0.05, 0) is 20.8 Å². The van der Waals surface area contributed by atoms with Gasteiger partial charge in [0.1, 0.15) is 12.0 Å². The minimum atomic E-state index is -0.195. The molecule has 8 nitrogen and oxygen atoms in total. The fraction of sp³-hybridized carbons (Fsp3) is 0.391. The number of carbonyl (C=O) groups excluding carboxylic acids is 2. The Morgan fingerprint density at radius 1 is 0.806 bits per heavy atom. The van der Waals surface area contributed by atoms with Crippen LogP contribution in [0, 0.1) is 6.92 Å². The molecular formula is C23H36N6O2. The van der Waals surface area contributed by atoms with Gasteiger partial charge in [0.05, 0.1) is 17.5 Å². The van der Waals surface area contributed by atoms with Crippen molar-refractivity contribution >= 4 is 11.8 Å². The van der Waals surface area contributed by atoms with Crippen molar-refractivity contribution < 1.29 is 9.59 Å². The van der Waals surface area contributed by atoms with Crippen molar-refractivity contribution in [2.24, 2.45) is 0 Å². The van der Waals surface area contributed by atoms with Crippen LogP contribution in [0.25, 0.3) is 0 Å². The summed E-state index contributed by atoms with van der Waals surface area (Å²) in [6.45, 7) is 14.7. The quantitative estimate of drug-likeness (QED) is 0.675. The van der Waals surface area contributed by atoms with Crippen LogP contribution in [0.4, 0.5) is 0 Å². The summed E-state index contributed by atoms with van der Waals surface area (Å²) < 4.78 is 0. The number of aryl methyl sites for hydroxylation is 1. The van der Waals surface area contributed by atoms with Crippen LogP contribution >= 0.6 is 0 Å². The van der Waals surface area contributed by atoms with Gasteiger partial charge in [-0.2, -0.15) is 0 Å². The Balaban J connectivity index is 0. The second kappa shape index (κ2) is 21.3. The SMILES string of the molecule is C/C=C/CNC(=O)c1cncc(C)n1.C/C=C/CNC(=O)c1cncnc1.CC.CC. The molecule has 0 fully saturated rings. The van der Waals surface area contributed by atoms with E-state index in [0.717, 1.165) is 5.69 Å². The second-order valence-corrected chi connectivity index (χ2v) is 5.23. The van der Waals surface area contributed by atoms with Crippen molar-refractivity contribution in [1.29, 1.82) is 0 Å². The standard InChI is InChI=1S/C10H13N3O.C9H11N3O.2C2H6/c1-3-4-5-12-10(14)9-7-11-6-8(2)13-9;1-2-3-4-12-9(13)8-5-10-7-11-6-8;2*1-2/h3-4,6-7H,5H2,1-2H3,(H,12,14);2-3,5-7H,4H2,1H3,(H,12,13);2*1-2H3/b4-3+;3-2+;;. The summed E-state index contributed by atoms with van der Waals surface area (Å²) >= 11 is 0. The van der Waals surface area contributed by atoms with Crippen LogP contribution in [-0.2, 0) is 0 Å². The maximum absolute atomic E-state index is 11.4. The number of hydrogen-bond acceptors (Lipinski definition) is 6. The second-order valence-electron chi connectivity index (χ2n) is 5.23. The van der Waals surface area contributed by atoms with Gasteiger partial charge in [0.2, 0.25) is 0 Å². The highest BCUT2D eigenvalue weighted by atomic mass is 16.2. The summed E-state index contributed by atoms with van der Waals surface area (Å²) in [5.41, 5.74) is 1.57. The zero-order chi connectivity index (χ0) is 23.9. The van der Waals surface area contributed by atoms with E-state index in [1.165, 1.54) is 24.9 Å². The minimum Gasteiger partial charge on any atom is -0.348 e. The van der Waals surface area contributed by atoms with Gasteiger partial charge < -0.3 is 10.6 Å². The fourth-order valence-corrected chi connectivity index (χ4v) is 1.72. The molecule has 2 rings (SSSR count). The molecule has 2 N–H and O–H groups in total. The van der Waals surface area contributed by atoms with E-state index < -0.39 is 0 Å². The molecule has 0 aliphatic heterocycles. The Bertz CT molecular complexity index is 777. The Kier molecular flexibility index (Phi) is 20.5. The third-order valence-corrected chi connectivity index (χ3v) is 3.04. The molecule has 31 heavy (non-hydrogen) atoms. The lowest BCUT2D eigenvalue weighted by Gasteiger charge is -2.01. The molecular weight excluding hydrogens is 392 g/mol. The van der Waals surface area contributed by atoms with E-state index in [-0.39, 0.29) is 11.8 Å². The lowest BCUT2D eigenvalue weighted by molar-refractivity contribution is 0.0946. The number of nitrogens with one attached hydrogen (secondary N) is 2. The third-order valence-electron chi connectivity index (χ3n) is 3.04. The zero-order valence-corrected chi connectivity index (χ0v) is 19.7. The average molecular weight is 429 g/mol. The lowest BCUT2D eigenvalue weighted by atomic mass is 10.3. The first-order valence-electron chi connectivity index (χ1n) is 10.4. The summed E-state index contributed by atoms with van der Waals surface area (Å²) in [5, 5.41) is 5.39. The van der Waals surface area contributed by atoms with Crippen LogP contribution in [0.2, 0.25) is 0 Å². The summed E-state index contributed by atoms with van der Waals surface area (Å²) in [7, 11) is 0. The molecule has 0 saturated carbocycles. The summed E-state index contributed by atoms with van der Waals surface area (Å²) in [6, 6.07) is 0. The molecule has 0 radical (unpaired) electrons. The summed E-state index contributed by atoms with van der Waals surface area (Å²) in [6.07, 6.45) is 14.9. The number of hydrogen-bond donors (Lipinski definition) is 2. The van der Waals surface area contributed by atoms with E-state index in [1.807, 2.05) is 65.8 Å². The summed E-state index contributed by atoms with van der Waals surface area (Å²) in [4.78, 5) is 38.2. The Hall–Kier alpha value is -3.42. The van der Waals surface area contributed by atoms with Gasteiger partial charge in [-0.25, -0.2) is 15.0 Å². The highest BCUT2D eigenvalue weighted by Crippen LogP contribution is 1.94. The monoisotopic (exact) mass is 428 g/mol. The van der Waals surface area contributed by atoms with E-state index in [2.05, 4.69) is 30.6 Å². The molecule has 0 bridgehead atoms. The molecule has 0 unspecified atom stereocenters. The van der Waals surface area contributed by atoms with E-state index in [0.29, 0.717) is 24.3 Å². The van der Waals surface area contributed by atoms with Crippen LogP contribution in [0.15, 0.2) is 55.4 Å². The number of amides is 2. The largest absolute Gasteiger partial charge is 0.348 e. The molecule has 0 aliphatic carbocycles. The van der Waals surface area contributed by atoms with Crippen LogP contribution in [-0.4, -0.2) is 44.8 Å². The number of aromatic nitrogens is 4. The molecule has 2 aromatic rings. The first kappa shape index (κ1) is 29.8. The normalized spacial score (nSPS) is 9.39. The maximum Gasteiger partial charge on any atom is 0.271 e. The molecule has 2 amide bonds. The van der Waals surface area contributed by atoms with Gasteiger partial charge in [0.25, 0.3) is 11.8 Å². The van der Waals surface area contributed by atoms with E-state index in [1.54, 1.807) is 13.1 Å². The zero-order valence-electron chi connectivity index (χ0n) is 19.7. The number of rotatable bonds is 6. The van der Waals surface area contributed by atoms with E-state index >= 15 is 0 Å². The van der Waals surface area contributed by atoms with Crippen LogP contribution < -0.4 is 10.6 Å². The minimum absolute atomic E-state index is 0.154. The molecule has 0 spiro atoms. The molecule has 2 aromatic heterocycles. The predicted octanol–water partition coefficient (Wildman–Crippen LogP) is 3.93. The first-order chi connectivity index (χ1) is 15.1. The highest BCUT2D eigenvalue weighted by molar-refractivity contribution is 5.93. The van der Waals surface area contributed by atoms with Crippen molar-refractivity contribution in [1.82, 2.24) is 30.6 Å². The van der Waals surface area contributed by atoms with Crippen LogP contribution in [0.1, 0.15) is 68.1 Å². The topological polar surface area (TPSA) is 110 Å². The van der Waals surface area contributed by atoms with Crippen LogP contribution in [0.5, 0.6) is 0 Å².